The maximum Gasteiger partial charge on any atom is 0.431 e. The highest BCUT2D eigenvalue weighted by molar-refractivity contribution is 9.10. The van der Waals surface area contributed by atoms with Crippen LogP contribution in [0, 0.1) is 5.82 Å². The molecule has 12 heteroatoms. The summed E-state index contributed by atoms with van der Waals surface area (Å²) in [7, 11) is -3.11. The molecule has 136 valence electrons. The van der Waals surface area contributed by atoms with E-state index in [0.29, 0.717) is 12.1 Å². The number of nitrogens with zero attached hydrogens (tertiary/aromatic N) is 2. The fraction of sp³-hybridized carbons (Fsp3) is 0.231. The molecule has 0 saturated heterocycles. The Kier molecular flexibility index (Phi) is 4.72. The van der Waals surface area contributed by atoms with E-state index in [-0.39, 0.29) is 19.7 Å². The lowest BCUT2D eigenvalue weighted by atomic mass is 10.3. The highest BCUT2D eigenvalue weighted by Crippen LogP contribution is 2.28. The Labute approximate surface area is 146 Å². The largest absolute Gasteiger partial charge is 0.431 e. The Hall–Kier alpha value is -1.95. The second-order valence-corrected chi connectivity index (χ2v) is 7.89. The minimum absolute atomic E-state index is 0.128. The van der Waals surface area contributed by atoms with E-state index in [9.17, 15) is 35.6 Å². The molecule has 0 fully saturated rings. The predicted octanol–water partition coefficient (Wildman–Crippen LogP) is 1.86. The van der Waals surface area contributed by atoms with Gasteiger partial charge in [-0.1, -0.05) is 0 Å². The van der Waals surface area contributed by atoms with Gasteiger partial charge < -0.3 is 0 Å². The number of aromatic nitrogens is 2. The fourth-order valence-corrected chi connectivity index (χ4v) is 4.03. The number of benzene rings is 1. The highest BCUT2D eigenvalue weighted by Gasteiger charge is 2.35. The van der Waals surface area contributed by atoms with Crippen molar-refractivity contribution in [2.45, 2.75) is 11.1 Å². The van der Waals surface area contributed by atoms with E-state index in [0.717, 1.165) is 13.3 Å². The Morgan fingerprint density at radius 1 is 1.12 bits per heavy atom. The smallest absolute Gasteiger partial charge is 0.292 e. The molecular weight excluding hydrogens is 436 g/mol. The maximum atomic E-state index is 14.2. The van der Waals surface area contributed by atoms with Crippen LogP contribution in [0.5, 0.6) is 0 Å². The van der Waals surface area contributed by atoms with Gasteiger partial charge in [0, 0.05) is 23.8 Å². The average Bonchev–Trinajstić information content (AvgIpc) is 2.42. The molecule has 0 bridgehead atoms. The van der Waals surface area contributed by atoms with Crippen LogP contribution in [0.3, 0.4) is 0 Å². The maximum absolute atomic E-state index is 14.2. The van der Waals surface area contributed by atoms with Gasteiger partial charge in [-0.15, -0.1) is 0 Å². The van der Waals surface area contributed by atoms with Gasteiger partial charge in [-0.3, -0.25) is 9.36 Å². The van der Waals surface area contributed by atoms with Crippen molar-refractivity contribution in [3.8, 4) is 5.69 Å². The normalized spacial score (nSPS) is 12.4. The molecule has 1 heterocycles. The first-order chi connectivity index (χ1) is 11.2. The number of hydrogen-bond acceptors (Lipinski definition) is 4. The molecule has 2 aromatic rings. The third-order valence-electron chi connectivity index (χ3n) is 3.25. The standard InChI is InChI=1S/C13H9BrF4N2O4S/c1-19-10(13(16,17)18)5-11(21)20(12(19)22)8-4-9(25(2,23)24)6(14)3-7(8)15/h3-5H,1-2H3. The Balaban J connectivity index is 2.92. The van der Waals surface area contributed by atoms with Crippen LogP contribution in [0.1, 0.15) is 5.69 Å². The van der Waals surface area contributed by atoms with Crippen molar-refractivity contribution in [3.63, 3.8) is 0 Å². The van der Waals surface area contributed by atoms with Gasteiger partial charge in [-0.05, 0) is 28.1 Å². The third-order valence-corrected chi connectivity index (χ3v) is 5.31. The zero-order chi connectivity index (χ0) is 19.3. The van der Waals surface area contributed by atoms with Crippen LogP contribution in [-0.2, 0) is 23.1 Å². The minimum Gasteiger partial charge on any atom is -0.292 e. The van der Waals surface area contributed by atoms with Crippen molar-refractivity contribution in [1.29, 1.82) is 0 Å². The molecule has 1 aromatic carbocycles. The number of hydrogen-bond donors (Lipinski definition) is 0. The predicted molar refractivity (Wildman–Crippen MR) is 83.0 cm³/mol. The molecule has 0 spiro atoms. The van der Waals surface area contributed by atoms with Crippen LogP contribution >= 0.6 is 15.9 Å². The summed E-state index contributed by atoms with van der Waals surface area (Å²) < 4.78 is 76.2. The molecule has 0 aliphatic carbocycles. The number of halogens is 5. The topological polar surface area (TPSA) is 78.1 Å². The van der Waals surface area contributed by atoms with Gasteiger partial charge in [-0.2, -0.15) is 13.2 Å². The van der Waals surface area contributed by atoms with E-state index in [2.05, 4.69) is 15.9 Å². The average molecular weight is 445 g/mol. The number of alkyl halides is 3. The van der Waals surface area contributed by atoms with Crippen molar-refractivity contribution in [1.82, 2.24) is 9.13 Å². The van der Waals surface area contributed by atoms with Gasteiger partial charge in [-0.25, -0.2) is 22.2 Å². The summed E-state index contributed by atoms with van der Waals surface area (Å²) in [5.41, 5.74) is -5.21. The first kappa shape index (κ1) is 19.4. The summed E-state index contributed by atoms with van der Waals surface area (Å²) in [5.74, 6) is -1.17. The number of rotatable bonds is 2. The lowest BCUT2D eigenvalue weighted by Gasteiger charge is -2.15. The molecule has 0 aliphatic heterocycles. The SMILES string of the molecule is Cn1c(C(F)(F)F)cc(=O)n(-c2cc(S(C)(=O)=O)c(Br)cc2F)c1=O. The molecule has 0 aliphatic rings. The van der Waals surface area contributed by atoms with Crippen LogP contribution in [0.25, 0.3) is 5.69 Å². The molecule has 25 heavy (non-hydrogen) atoms. The van der Waals surface area contributed by atoms with E-state index in [1.807, 2.05) is 0 Å². The summed E-state index contributed by atoms with van der Waals surface area (Å²) >= 11 is 2.84. The second kappa shape index (κ2) is 6.09. The van der Waals surface area contributed by atoms with E-state index in [4.69, 9.17) is 0 Å². The summed E-state index contributed by atoms with van der Waals surface area (Å²) in [6, 6.07) is 1.53. The van der Waals surface area contributed by atoms with Gasteiger partial charge in [0.15, 0.2) is 9.84 Å². The third kappa shape index (κ3) is 3.54. The summed E-state index contributed by atoms with van der Waals surface area (Å²) in [6.07, 6.45) is -4.16. The molecule has 0 saturated carbocycles. The van der Waals surface area contributed by atoms with Gasteiger partial charge in [0.05, 0.1) is 10.6 Å². The molecule has 0 unspecified atom stereocenters. The second-order valence-electron chi connectivity index (χ2n) is 5.05. The van der Waals surface area contributed by atoms with Gasteiger partial charge in [0.25, 0.3) is 5.56 Å². The van der Waals surface area contributed by atoms with E-state index >= 15 is 0 Å². The van der Waals surface area contributed by atoms with E-state index < -0.39 is 49.4 Å². The lowest BCUT2D eigenvalue weighted by molar-refractivity contribution is -0.144. The highest BCUT2D eigenvalue weighted by atomic mass is 79.9. The molecule has 6 nitrogen and oxygen atoms in total. The van der Waals surface area contributed by atoms with Crippen LogP contribution in [0.4, 0.5) is 17.6 Å². The first-order valence-corrected chi connectivity index (χ1v) is 9.03. The Morgan fingerprint density at radius 2 is 1.68 bits per heavy atom. The minimum atomic E-state index is -4.97. The molecular formula is C13H9BrF4N2O4S. The van der Waals surface area contributed by atoms with Gasteiger partial charge >= 0.3 is 11.9 Å². The zero-order valence-electron chi connectivity index (χ0n) is 12.6. The monoisotopic (exact) mass is 444 g/mol. The van der Waals surface area contributed by atoms with Crippen LogP contribution < -0.4 is 11.2 Å². The molecule has 0 atom stereocenters. The van der Waals surface area contributed by atoms with Crippen molar-refractivity contribution < 1.29 is 26.0 Å². The van der Waals surface area contributed by atoms with E-state index in [1.165, 1.54) is 0 Å². The van der Waals surface area contributed by atoms with Crippen LogP contribution in [-0.4, -0.2) is 23.8 Å². The quantitative estimate of drug-likeness (QED) is 0.523. The van der Waals surface area contributed by atoms with Crippen molar-refractivity contribution >= 4 is 25.8 Å². The Morgan fingerprint density at radius 3 is 2.16 bits per heavy atom. The van der Waals surface area contributed by atoms with Crippen molar-refractivity contribution in [2.75, 3.05) is 6.26 Å². The summed E-state index contributed by atoms with van der Waals surface area (Å²) in [5, 5.41) is 0. The van der Waals surface area contributed by atoms with E-state index in [1.54, 1.807) is 0 Å². The number of sulfone groups is 1. The molecule has 0 N–H and O–H groups in total. The fourth-order valence-electron chi connectivity index (χ4n) is 2.09. The summed E-state index contributed by atoms with van der Waals surface area (Å²) in [4.78, 5) is 23.7. The molecule has 0 radical (unpaired) electrons. The molecule has 1 aromatic heterocycles. The van der Waals surface area contributed by atoms with Gasteiger partial charge in [0.1, 0.15) is 11.5 Å². The lowest BCUT2D eigenvalue weighted by Crippen LogP contribution is -2.41. The van der Waals surface area contributed by atoms with Crippen molar-refractivity contribution in [2.24, 2.45) is 7.05 Å². The molecule has 0 amide bonds. The molecule has 2 rings (SSSR count). The Bertz CT molecular complexity index is 1090. The van der Waals surface area contributed by atoms with Gasteiger partial charge in [0.2, 0.25) is 0 Å². The summed E-state index contributed by atoms with van der Waals surface area (Å²) in [6.45, 7) is 0. The van der Waals surface area contributed by atoms with Crippen LogP contribution in [0.2, 0.25) is 0 Å². The van der Waals surface area contributed by atoms with Crippen LogP contribution in [0.15, 0.2) is 37.2 Å². The first-order valence-electron chi connectivity index (χ1n) is 6.35. The zero-order valence-corrected chi connectivity index (χ0v) is 15.0. The van der Waals surface area contributed by atoms with Crippen molar-refractivity contribution in [3.05, 3.63) is 55.0 Å².